The smallest absolute Gasteiger partial charge is 0.229 e. The Hall–Kier alpha value is -2.83. The Balaban J connectivity index is 1.94. The van der Waals surface area contributed by atoms with E-state index in [0.29, 0.717) is 11.8 Å². The van der Waals surface area contributed by atoms with Crippen molar-refractivity contribution in [2.24, 2.45) is 7.05 Å². The summed E-state index contributed by atoms with van der Waals surface area (Å²) in [6.45, 7) is 2.09. The van der Waals surface area contributed by atoms with Crippen LogP contribution >= 0.6 is 0 Å². The number of benzene rings is 1. The highest BCUT2D eigenvalue weighted by atomic mass is 16.5. The Morgan fingerprint density at radius 2 is 1.91 bits per heavy atom. The fourth-order valence-corrected chi connectivity index (χ4v) is 2.47. The number of fused-ring (bicyclic) bond motifs is 1. The molecule has 0 aliphatic heterocycles. The number of nitrogens with two attached hydrogens (primary N) is 1. The third kappa shape index (κ3) is 2.65. The first-order chi connectivity index (χ1) is 11.0. The van der Waals surface area contributed by atoms with Gasteiger partial charge in [0.25, 0.3) is 0 Å². The quantitative estimate of drug-likeness (QED) is 0.795. The molecule has 0 aliphatic rings. The Morgan fingerprint density at radius 1 is 1.22 bits per heavy atom. The van der Waals surface area contributed by atoms with Crippen molar-refractivity contribution < 1.29 is 4.74 Å². The summed E-state index contributed by atoms with van der Waals surface area (Å²) in [4.78, 5) is 11.0. The summed E-state index contributed by atoms with van der Waals surface area (Å²) in [5, 5.41) is 4.95. The van der Waals surface area contributed by atoms with Gasteiger partial charge in [-0.15, -0.1) is 0 Å². The van der Waals surface area contributed by atoms with E-state index in [1.165, 1.54) is 0 Å². The van der Waals surface area contributed by atoms with E-state index >= 15 is 0 Å². The van der Waals surface area contributed by atoms with Gasteiger partial charge in [0.15, 0.2) is 5.65 Å². The molecule has 2 N–H and O–H groups in total. The maximum absolute atomic E-state index is 6.04. The summed E-state index contributed by atoms with van der Waals surface area (Å²) < 4.78 is 6.89. The second-order valence-corrected chi connectivity index (χ2v) is 5.47. The van der Waals surface area contributed by atoms with Crippen LogP contribution in [0.15, 0.2) is 30.5 Å². The Morgan fingerprint density at radius 3 is 2.57 bits per heavy atom. The van der Waals surface area contributed by atoms with Crippen molar-refractivity contribution in [3.05, 3.63) is 36.0 Å². The Labute approximate surface area is 134 Å². The molecular weight excluding hydrogens is 292 g/mol. The van der Waals surface area contributed by atoms with Gasteiger partial charge in [-0.25, -0.2) is 0 Å². The number of aryl methyl sites for hydroxylation is 1. The molecule has 7 nitrogen and oxygen atoms in total. The van der Waals surface area contributed by atoms with E-state index in [1.807, 2.05) is 43.3 Å². The predicted octanol–water partition coefficient (Wildman–Crippen LogP) is 2.15. The number of rotatable bonds is 4. The van der Waals surface area contributed by atoms with Gasteiger partial charge in [-0.2, -0.15) is 15.1 Å². The van der Waals surface area contributed by atoms with Crippen LogP contribution in [0.1, 0.15) is 18.5 Å². The van der Waals surface area contributed by atoms with Gasteiger partial charge in [-0.1, -0.05) is 12.1 Å². The first-order valence-corrected chi connectivity index (χ1v) is 7.33. The summed E-state index contributed by atoms with van der Waals surface area (Å²) >= 11 is 0. The molecule has 0 saturated carbocycles. The summed E-state index contributed by atoms with van der Waals surface area (Å²) in [5.41, 5.74) is 7.90. The molecule has 1 unspecified atom stereocenters. The van der Waals surface area contributed by atoms with E-state index in [4.69, 9.17) is 10.5 Å². The van der Waals surface area contributed by atoms with Gasteiger partial charge in [0.05, 0.1) is 24.7 Å². The zero-order valence-electron chi connectivity index (χ0n) is 13.7. The fourth-order valence-electron chi connectivity index (χ4n) is 2.47. The third-order valence-electron chi connectivity index (χ3n) is 4.10. The van der Waals surface area contributed by atoms with E-state index in [0.717, 1.165) is 22.3 Å². The lowest BCUT2D eigenvalue weighted by molar-refractivity contribution is 0.414. The lowest BCUT2D eigenvalue weighted by atomic mass is 10.1. The number of methoxy groups -OCH3 is 1. The summed E-state index contributed by atoms with van der Waals surface area (Å²) in [7, 11) is 5.45. The van der Waals surface area contributed by atoms with Crippen LogP contribution < -0.4 is 15.4 Å². The van der Waals surface area contributed by atoms with Gasteiger partial charge in [0, 0.05) is 14.1 Å². The maximum Gasteiger partial charge on any atom is 0.229 e. The highest BCUT2D eigenvalue weighted by Crippen LogP contribution is 2.27. The number of aromatic nitrogens is 4. The average Bonchev–Trinajstić information content (AvgIpc) is 2.95. The van der Waals surface area contributed by atoms with Gasteiger partial charge in [0.2, 0.25) is 5.95 Å². The lowest BCUT2D eigenvalue weighted by Crippen LogP contribution is -2.24. The van der Waals surface area contributed by atoms with E-state index in [1.54, 1.807) is 18.0 Å². The molecule has 0 bridgehead atoms. The molecule has 1 atom stereocenters. The standard InChI is InChI=1S/C16H20N6O/c1-10(11-5-7-12(23-4)8-6-11)21(2)16-19-14(17)13-9-18-22(3)15(13)20-16/h5-10H,1-4H3,(H2,17,19,20). The third-order valence-corrected chi connectivity index (χ3v) is 4.10. The van der Waals surface area contributed by atoms with E-state index in [9.17, 15) is 0 Å². The van der Waals surface area contributed by atoms with E-state index in [-0.39, 0.29) is 6.04 Å². The molecule has 2 heterocycles. The summed E-state index contributed by atoms with van der Waals surface area (Å²) in [5.74, 6) is 1.84. The van der Waals surface area contributed by atoms with Crippen LogP contribution in [0.2, 0.25) is 0 Å². The molecule has 3 rings (SSSR count). The van der Waals surface area contributed by atoms with Crippen LogP contribution in [0.5, 0.6) is 5.75 Å². The molecule has 1 aromatic carbocycles. The Kier molecular flexibility index (Phi) is 3.77. The minimum atomic E-state index is 0.0889. The van der Waals surface area contributed by atoms with Crippen LogP contribution in [0.3, 0.4) is 0 Å². The molecular formula is C16H20N6O. The highest BCUT2D eigenvalue weighted by Gasteiger charge is 2.17. The number of ether oxygens (including phenoxy) is 1. The zero-order chi connectivity index (χ0) is 16.6. The maximum atomic E-state index is 6.04. The van der Waals surface area contributed by atoms with Gasteiger partial charge >= 0.3 is 0 Å². The van der Waals surface area contributed by atoms with Crippen molar-refractivity contribution in [2.45, 2.75) is 13.0 Å². The highest BCUT2D eigenvalue weighted by molar-refractivity contribution is 5.86. The topological polar surface area (TPSA) is 82.1 Å². The van der Waals surface area contributed by atoms with Gasteiger partial charge in [0.1, 0.15) is 11.6 Å². The van der Waals surface area contributed by atoms with Crippen molar-refractivity contribution in [1.82, 2.24) is 19.7 Å². The predicted molar refractivity (Wildman–Crippen MR) is 90.5 cm³/mol. The number of nitrogen functional groups attached to an aromatic ring is 1. The lowest BCUT2D eigenvalue weighted by Gasteiger charge is -2.25. The average molecular weight is 312 g/mol. The number of hydrogen-bond donors (Lipinski definition) is 1. The molecule has 23 heavy (non-hydrogen) atoms. The molecule has 0 fully saturated rings. The minimum Gasteiger partial charge on any atom is -0.497 e. The van der Waals surface area contributed by atoms with Crippen LogP contribution in [0.4, 0.5) is 11.8 Å². The summed E-state index contributed by atoms with van der Waals surface area (Å²) in [6, 6.07) is 8.04. The van der Waals surface area contributed by atoms with Crippen molar-refractivity contribution in [1.29, 1.82) is 0 Å². The van der Waals surface area contributed by atoms with Gasteiger partial charge in [-0.05, 0) is 24.6 Å². The van der Waals surface area contributed by atoms with Gasteiger partial charge in [-0.3, -0.25) is 4.68 Å². The van der Waals surface area contributed by atoms with Gasteiger partial charge < -0.3 is 15.4 Å². The molecule has 120 valence electrons. The molecule has 0 amide bonds. The number of hydrogen-bond acceptors (Lipinski definition) is 6. The largest absolute Gasteiger partial charge is 0.497 e. The molecule has 0 saturated heterocycles. The van der Waals surface area contributed by atoms with Crippen molar-refractivity contribution in [3.8, 4) is 5.75 Å². The molecule has 2 aromatic heterocycles. The first-order valence-electron chi connectivity index (χ1n) is 7.33. The molecule has 7 heteroatoms. The van der Waals surface area contributed by atoms with Crippen molar-refractivity contribution in [2.75, 3.05) is 24.8 Å². The van der Waals surface area contributed by atoms with Crippen molar-refractivity contribution in [3.63, 3.8) is 0 Å². The Bertz CT molecular complexity index is 826. The molecule has 3 aromatic rings. The number of nitrogens with zero attached hydrogens (tertiary/aromatic N) is 5. The molecule has 0 spiro atoms. The fraction of sp³-hybridized carbons (Fsp3) is 0.312. The molecule has 0 aliphatic carbocycles. The number of anilines is 2. The zero-order valence-corrected chi connectivity index (χ0v) is 13.7. The minimum absolute atomic E-state index is 0.0889. The van der Waals surface area contributed by atoms with Crippen LogP contribution in [-0.2, 0) is 7.05 Å². The monoisotopic (exact) mass is 312 g/mol. The van der Waals surface area contributed by atoms with Crippen LogP contribution in [0.25, 0.3) is 11.0 Å². The van der Waals surface area contributed by atoms with E-state index in [2.05, 4.69) is 22.0 Å². The summed E-state index contributed by atoms with van der Waals surface area (Å²) in [6.07, 6.45) is 1.68. The van der Waals surface area contributed by atoms with Crippen LogP contribution in [-0.4, -0.2) is 33.9 Å². The van der Waals surface area contributed by atoms with Crippen LogP contribution in [0, 0.1) is 0 Å². The second kappa shape index (κ2) is 5.75. The normalized spacial score (nSPS) is 12.3. The van der Waals surface area contributed by atoms with Crippen molar-refractivity contribution >= 4 is 22.8 Å². The SMILES string of the molecule is COc1ccc(C(C)N(C)c2nc(N)c3cnn(C)c3n2)cc1. The van der Waals surface area contributed by atoms with E-state index < -0.39 is 0 Å². The molecule has 0 radical (unpaired) electrons. The second-order valence-electron chi connectivity index (χ2n) is 5.47. The first kappa shape index (κ1) is 15.1.